The van der Waals surface area contributed by atoms with E-state index in [0.29, 0.717) is 12.1 Å². The largest absolute Gasteiger partial charge is 0.460 e. The molecule has 0 saturated heterocycles. The van der Waals surface area contributed by atoms with Gasteiger partial charge in [0.1, 0.15) is 0 Å². The van der Waals surface area contributed by atoms with Gasteiger partial charge in [0.2, 0.25) is 0 Å². The molecule has 0 radical (unpaired) electrons. The first-order valence-corrected chi connectivity index (χ1v) is 5.39. The van der Waals surface area contributed by atoms with E-state index in [1.165, 1.54) is 6.07 Å². The summed E-state index contributed by atoms with van der Waals surface area (Å²) in [6.07, 6.45) is -6.95. The Morgan fingerprint density at radius 3 is 1.55 bits per heavy atom. The van der Waals surface area contributed by atoms with E-state index in [0.717, 1.165) is 12.1 Å². The Bertz CT molecular complexity index is 495. The van der Waals surface area contributed by atoms with Crippen molar-refractivity contribution in [2.24, 2.45) is 0 Å². The average molecular weight is 343 g/mol. The SMILES string of the molecule is FCN(c1ccccc1)C(F)(F)C(F)(F)C(F)(F)C(F)(F)F. The number of alkyl halides is 10. The fourth-order valence-corrected chi connectivity index (χ4v) is 1.45. The lowest BCUT2D eigenvalue weighted by molar-refractivity contribution is -0.396. The number of hydrogen-bond donors (Lipinski definition) is 0. The van der Waals surface area contributed by atoms with Crippen LogP contribution in [0.5, 0.6) is 0 Å². The average Bonchev–Trinajstić information content (AvgIpc) is 2.38. The van der Waals surface area contributed by atoms with Gasteiger partial charge in [-0.15, -0.1) is 0 Å². The second kappa shape index (κ2) is 5.51. The van der Waals surface area contributed by atoms with Crippen LogP contribution in [0.15, 0.2) is 30.3 Å². The van der Waals surface area contributed by atoms with Crippen molar-refractivity contribution < 1.29 is 43.9 Å². The monoisotopic (exact) mass is 343 g/mol. The van der Waals surface area contributed by atoms with E-state index in [9.17, 15) is 43.9 Å². The van der Waals surface area contributed by atoms with Gasteiger partial charge in [-0.05, 0) is 12.1 Å². The van der Waals surface area contributed by atoms with E-state index in [2.05, 4.69) is 0 Å². The highest BCUT2D eigenvalue weighted by Crippen LogP contribution is 2.54. The number of anilines is 1. The second-order valence-electron chi connectivity index (χ2n) is 4.07. The predicted molar refractivity (Wildman–Crippen MR) is 55.8 cm³/mol. The molecule has 126 valence electrons. The molecule has 0 aliphatic heterocycles. The first-order chi connectivity index (χ1) is 9.80. The molecule has 0 aliphatic rings. The van der Waals surface area contributed by atoms with Gasteiger partial charge in [0.05, 0.1) is 0 Å². The van der Waals surface area contributed by atoms with Gasteiger partial charge in [-0.3, -0.25) is 4.90 Å². The van der Waals surface area contributed by atoms with E-state index in [1.807, 2.05) is 0 Å². The highest BCUT2D eigenvalue weighted by atomic mass is 19.4. The Labute approximate surface area is 117 Å². The molecule has 0 N–H and O–H groups in total. The number of nitrogens with zero attached hydrogens (tertiary/aromatic N) is 1. The zero-order valence-corrected chi connectivity index (χ0v) is 10.3. The molecule has 22 heavy (non-hydrogen) atoms. The van der Waals surface area contributed by atoms with Crippen molar-refractivity contribution in [3.05, 3.63) is 30.3 Å². The lowest BCUT2D eigenvalue weighted by Gasteiger charge is -2.39. The summed E-state index contributed by atoms with van der Waals surface area (Å²) in [6, 6.07) is -1.67. The maximum atomic E-state index is 13.5. The molecule has 0 unspecified atom stereocenters. The number of rotatable bonds is 5. The van der Waals surface area contributed by atoms with Crippen molar-refractivity contribution in [3.8, 4) is 0 Å². The summed E-state index contributed by atoms with van der Waals surface area (Å²) in [5, 5.41) is 0. The zero-order chi connectivity index (χ0) is 17.4. The molecule has 0 aliphatic carbocycles. The standard InChI is InChI=1S/C11H7F10N/c12-6-22(7-4-2-1-3-5-7)11(20,21)9(15,16)8(13,14)10(17,18)19/h1-5H,6H2. The summed E-state index contributed by atoms with van der Waals surface area (Å²) in [5.74, 6) is -14.0. The molecule has 0 aromatic heterocycles. The van der Waals surface area contributed by atoms with Crippen molar-refractivity contribution in [2.75, 3.05) is 11.7 Å². The molecule has 1 nitrogen and oxygen atoms in total. The molecule has 0 amide bonds. The Morgan fingerprint density at radius 2 is 1.18 bits per heavy atom. The van der Waals surface area contributed by atoms with Crippen LogP contribution in [-0.4, -0.2) is 30.9 Å². The van der Waals surface area contributed by atoms with Crippen LogP contribution in [0, 0.1) is 0 Å². The third kappa shape index (κ3) is 2.68. The third-order valence-electron chi connectivity index (χ3n) is 2.65. The molecule has 0 bridgehead atoms. The first kappa shape index (κ1) is 18.4. The Kier molecular flexibility index (Phi) is 4.60. The van der Waals surface area contributed by atoms with Crippen LogP contribution in [-0.2, 0) is 0 Å². The molecule has 0 fully saturated rings. The summed E-state index contributed by atoms with van der Waals surface area (Å²) in [5.41, 5.74) is -0.993. The quantitative estimate of drug-likeness (QED) is 0.546. The van der Waals surface area contributed by atoms with Gasteiger partial charge in [-0.1, -0.05) is 18.2 Å². The minimum atomic E-state index is -7.06. The summed E-state index contributed by atoms with van der Waals surface area (Å²) in [6.45, 7) is -2.42. The lowest BCUT2D eigenvalue weighted by Crippen LogP contribution is -2.66. The van der Waals surface area contributed by atoms with E-state index in [4.69, 9.17) is 0 Å². The van der Waals surface area contributed by atoms with Crippen molar-refractivity contribution in [1.82, 2.24) is 0 Å². The van der Waals surface area contributed by atoms with Crippen LogP contribution in [0.3, 0.4) is 0 Å². The summed E-state index contributed by atoms with van der Waals surface area (Å²) in [4.78, 5) is -1.17. The Balaban J connectivity index is 3.36. The molecule has 1 rings (SSSR count). The minimum absolute atomic E-state index is 0.648. The van der Waals surface area contributed by atoms with Crippen molar-refractivity contribution >= 4 is 5.69 Å². The molecule has 11 heteroatoms. The number of benzene rings is 1. The molecular formula is C11H7F10N. The molecule has 0 heterocycles. The van der Waals surface area contributed by atoms with Crippen LogP contribution in [0.2, 0.25) is 0 Å². The Hall–Kier alpha value is -1.68. The van der Waals surface area contributed by atoms with Gasteiger partial charge in [-0.2, -0.15) is 39.5 Å². The predicted octanol–water partition coefficient (Wildman–Crippen LogP) is 4.85. The third-order valence-corrected chi connectivity index (χ3v) is 2.65. The highest BCUT2D eigenvalue weighted by molar-refractivity contribution is 5.47. The molecular weight excluding hydrogens is 336 g/mol. The van der Waals surface area contributed by atoms with Gasteiger partial charge in [0, 0.05) is 5.69 Å². The maximum Gasteiger partial charge on any atom is 0.460 e. The highest BCUT2D eigenvalue weighted by Gasteiger charge is 2.83. The fourth-order valence-electron chi connectivity index (χ4n) is 1.45. The summed E-state index contributed by atoms with van der Waals surface area (Å²) >= 11 is 0. The van der Waals surface area contributed by atoms with Crippen LogP contribution < -0.4 is 4.90 Å². The summed E-state index contributed by atoms with van der Waals surface area (Å²) < 4.78 is 127. The van der Waals surface area contributed by atoms with Crippen LogP contribution >= 0.6 is 0 Å². The topological polar surface area (TPSA) is 3.24 Å². The summed E-state index contributed by atoms with van der Waals surface area (Å²) in [7, 11) is 0. The van der Waals surface area contributed by atoms with Crippen molar-refractivity contribution in [1.29, 1.82) is 0 Å². The van der Waals surface area contributed by atoms with E-state index in [-0.39, 0.29) is 0 Å². The van der Waals surface area contributed by atoms with E-state index >= 15 is 0 Å². The van der Waals surface area contributed by atoms with Crippen molar-refractivity contribution in [3.63, 3.8) is 0 Å². The molecule has 0 atom stereocenters. The normalized spacial score (nSPS) is 14.1. The van der Waals surface area contributed by atoms with Gasteiger partial charge < -0.3 is 0 Å². The smallest absolute Gasteiger partial charge is 0.280 e. The lowest BCUT2D eigenvalue weighted by atomic mass is 10.1. The first-order valence-electron chi connectivity index (χ1n) is 5.39. The second-order valence-corrected chi connectivity index (χ2v) is 4.07. The van der Waals surface area contributed by atoms with Gasteiger partial charge >= 0.3 is 24.1 Å². The van der Waals surface area contributed by atoms with E-state index < -0.39 is 41.5 Å². The minimum Gasteiger partial charge on any atom is -0.280 e. The number of para-hydroxylation sites is 1. The van der Waals surface area contributed by atoms with Crippen LogP contribution in [0.4, 0.5) is 49.6 Å². The maximum absolute atomic E-state index is 13.5. The van der Waals surface area contributed by atoms with Gasteiger partial charge in [0.25, 0.3) is 0 Å². The van der Waals surface area contributed by atoms with Crippen molar-refractivity contribution in [2.45, 2.75) is 24.1 Å². The molecule has 0 spiro atoms. The number of hydrogen-bond acceptors (Lipinski definition) is 1. The number of halogens is 10. The fraction of sp³-hybridized carbons (Fsp3) is 0.455. The van der Waals surface area contributed by atoms with Crippen LogP contribution in [0.1, 0.15) is 0 Å². The van der Waals surface area contributed by atoms with Gasteiger partial charge in [0.15, 0.2) is 6.80 Å². The zero-order valence-electron chi connectivity index (χ0n) is 10.3. The van der Waals surface area contributed by atoms with E-state index in [1.54, 1.807) is 0 Å². The Morgan fingerprint density at radius 1 is 0.727 bits per heavy atom. The molecule has 1 aromatic carbocycles. The van der Waals surface area contributed by atoms with Crippen LogP contribution in [0.25, 0.3) is 0 Å². The molecule has 0 saturated carbocycles. The van der Waals surface area contributed by atoms with Gasteiger partial charge in [-0.25, -0.2) is 4.39 Å². The molecule has 1 aromatic rings.